The lowest BCUT2D eigenvalue weighted by molar-refractivity contribution is -0.123. The number of rotatable bonds is 6. The lowest BCUT2D eigenvalue weighted by Crippen LogP contribution is -2.38. The quantitative estimate of drug-likeness (QED) is 0.847. The van der Waals surface area contributed by atoms with Gasteiger partial charge in [-0.2, -0.15) is 0 Å². The van der Waals surface area contributed by atoms with Crippen molar-refractivity contribution in [2.75, 3.05) is 25.2 Å². The molecule has 0 radical (unpaired) electrons. The van der Waals surface area contributed by atoms with Gasteiger partial charge in [-0.3, -0.25) is 4.79 Å². The highest BCUT2D eigenvalue weighted by Gasteiger charge is 2.28. The summed E-state index contributed by atoms with van der Waals surface area (Å²) in [7, 11) is -1.48. The average molecular weight is 339 g/mol. The van der Waals surface area contributed by atoms with Crippen LogP contribution in [0.25, 0.3) is 6.08 Å². The van der Waals surface area contributed by atoms with E-state index in [1.54, 1.807) is 6.07 Å². The van der Waals surface area contributed by atoms with Gasteiger partial charge in [0, 0.05) is 6.04 Å². The van der Waals surface area contributed by atoms with Crippen molar-refractivity contribution in [2.24, 2.45) is 0 Å². The van der Waals surface area contributed by atoms with Crippen molar-refractivity contribution in [2.45, 2.75) is 19.4 Å². The lowest BCUT2D eigenvalue weighted by atomic mass is 10.2. The standard InChI is InChI=1S/C16H21NO5S/c1-3-4-12-5-6-14(15(9-12)21-2)22-10-16(18)17-13-7-8-23(19,20)11-13/h3-6,9,13H,7-8,10-11H2,1-2H3,(H,17,18)/b4-3+. The summed E-state index contributed by atoms with van der Waals surface area (Å²) in [6, 6.07) is 5.09. The first-order valence-corrected chi connectivity index (χ1v) is 9.19. The van der Waals surface area contributed by atoms with Crippen LogP contribution in [0.2, 0.25) is 0 Å². The van der Waals surface area contributed by atoms with E-state index in [0.29, 0.717) is 17.9 Å². The first kappa shape index (κ1) is 17.3. The number of carbonyl (C=O) groups is 1. The van der Waals surface area contributed by atoms with Gasteiger partial charge in [0.15, 0.2) is 27.9 Å². The Morgan fingerprint density at radius 3 is 2.78 bits per heavy atom. The molecule has 1 heterocycles. The molecular formula is C16H21NO5S. The molecule has 23 heavy (non-hydrogen) atoms. The van der Waals surface area contributed by atoms with E-state index in [1.165, 1.54) is 7.11 Å². The highest BCUT2D eigenvalue weighted by atomic mass is 32.2. The third-order valence-corrected chi connectivity index (χ3v) is 5.27. The second kappa shape index (κ2) is 7.50. The zero-order chi connectivity index (χ0) is 16.9. The molecule has 1 aliphatic heterocycles. The molecule has 1 saturated heterocycles. The fraction of sp³-hybridized carbons (Fsp3) is 0.438. The Balaban J connectivity index is 1.91. The number of amides is 1. The maximum Gasteiger partial charge on any atom is 0.258 e. The molecule has 1 aliphatic rings. The molecule has 1 aromatic rings. The summed E-state index contributed by atoms with van der Waals surface area (Å²) in [5.74, 6) is 0.789. The highest BCUT2D eigenvalue weighted by molar-refractivity contribution is 7.91. The van der Waals surface area contributed by atoms with E-state index in [1.807, 2.05) is 31.2 Å². The Morgan fingerprint density at radius 2 is 2.17 bits per heavy atom. The predicted octanol–water partition coefficient (Wildman–Crippen LogP) is 1.41. The summed E-state index contributed by atoms with van der Waals surface area (Å²) in [4.78, 5) is 11.9. The molecule has 0 spiro atoms. The molecule has 126 valence electrons. The van der Waals surface area contributed by atoms with E-state index in [2.05, 4.69) is 5.32 Å². The van der Waals surface area contributed by atoms with Crippen LogP contribution in [0.5, 0.6) is 11.5 Å². The molecule has 7 heteroatoms. The normalized spacial score (nSPS) is 19.7. The molecule has 0 bridgehead atoms. The van der Waals surface area contributed by atoms with Gasteiger partial charge in [0.2, 0.25) is 0 Å². The van der Waals surface area contributed by atoms with Crippen LogP contribution in [0.1, 0.15) is 18.9 Å². The minimum absolute atomic E-state index is 0.000110. The zero-order valence-corrected chi connectivity index (χ0v) is 14.1. The Bertz CT molecular complexity index is 696. The number of nitrogens with one attached hydrogen (secondary N) is 1. The summed E-state index contributed by atoms with van der Waals surface area (Å²) in [5.41, 5.74) is 0.970. The number of benzene rings is 1. The van der Waals surface area contributed by atoms with Gasteiger partial charge in [-0.05, 0) is 31.0 Å². The van der Waals surface area contributed by atoms with Crippen molar-refractivity contribution in [1.29, 1.82) is 0 Å². The Labute approximate surface area is 136 Å². The van der Waals surface area contributed by atoms with Crippen LogP contribution in [-0.4, -0.2) is 45.6 Å². The first-order valence-electron chi connectivity index (χ1n) is 7.37. The number of hydrogen-bond acceptors (Lipinski definition) is 5. The van der Waals surface area contributed by atoms with Crippen molar-refractivity contribution in [3.63, 3.8) is 0 Å². The molecule has 1 N–H and O–H groups in total. The van der Waals surface area contributed by atoms with Crippen LogP contribution in [0.15, 0.2) is 24.3 Å². The molecule has 1 fully saturated rings. The van der Waals surface area contributed by atoms with Crippen LogP contribution < -0.4 is 14.8 Å². The number of ether oxygens (including phenoxy) is 2. The van der Waals surface area contributed by atoms with Crippen LogP contribution in [0, 0.1) is 0 Å². The summed E-state index contributed by atoms with van der Waals surface area (Å²) >= 11 is 0. The van der Waals surface area contributed by atoms with Crippen LogP contribution in [-0.2, 0) is 14.6 Å². The summed E-state index contributed by atoms with van der Waals surface area (Å²) in [5, 5.41) is 2.68. The largest absolute Gasteiger partial charge is 0.493 e. The first-order chi connectivity index (χ1) is 10.9. The van der Waals surface area contributed by atoms with Gasteiger partial charge in [0.25, 0.3) is 5.91 Å². The van der Waals surface area contributed by atoms with Crippen molar-refractivity contribution in [3.8, 4) is 11.5 Å². The number of carbonyl (C=O) groups excluding carboxylic acids is 1. The van der Waals surface area contributed by atoms with Gasteiger partial charge in [-0.25, -0.2) is 8.42 Å². The molecule has 0 aromatic heterocycles. The van der Waals surface area contributed by atoms with Crippen molar-refractivity contribution >= 4 is 21.8 Å². The summed E-state index contributed by atoms with van der Waals surface area (Å²) in [6.45, 7) is 1.74. The molecule has 0 aliphatic carbocycles. The van der Waals surface area contributed by atoms with E-state index in [-0.39, 0.29) is 30.1 Å². The number of methoxy groups -OCH3 is 1. The molecule has 1 atom stereocenters. The van der Waals surface area contributed by atoms with Crippen molar-refractivity contribution in [1.82, 2.24) is 5.32 Å². The summed E-state index contributed by atoms with van der Waals surface area (Å²) in [6.07, 6.45) is 4.30. The Hall–Kier alpha value is -2.02. The molecular weight excluding hydrogens is 318 g/mol. The van der Waals surface area contributed by atoms with Crippen molar-refractivity contribution < 1.29 is 22.7 Å². The van der Waals surface area contributed by atoms with E-state index in [4.69, 9.17) is 9.47 Å². The van der Waals surface area contributed by atoms with E-state index >= 15 is 0 Å². The van der Waals surface area contributed by atoms with Crippen LogP contribution in [0.4, 0.5) is 0 Å². The van der Waals surface area contributed by atoms with Gasteiger partial charge in [0.1, 0.15) is 0 Å². The molecule has 1 aromatic carbocycles. The fourth-order valence-electron chi connectivity index (χ4n) is 2.42. The van der Waals surface area contributed by atoms with E-state index < -0.39 is 9.84 Å². The minimum atomic E-state index is -3.01. The second-order valence-corrected chi connectivity index (χ2v) is 7.60. The zero-order valence-electron chi connectivity index (χ0n) is 13.2. The smallest absolute Gasteiger partial charge is 0.258 e. The molecule has 6 nitrogen and oxygen atoms in total. The lowest BCUT2D eigenvalue weighted by Gasteiger charge is -2.13. The van der Waals surface area contributed by atoms with Crippen molar-refractivity contribution in [3.05, 3.63) is 29.8 Å². The molecule has 2 rings (SSSR count). The summed E-state index contributed by atoms with van der Waals surface area (Å²) < 4.78 is 33.5. The number of allylic oxidation sites excluding steroid dienone is 1. The maximum atomic E-state index is 11.9. The predicted molar refractivity (Wildman–Crippen MR) is 88.4 cm³/mol. The van der Waals surface area contributed by atoms with Gasteiger partial charge >= 0.3 is 0 Å². The second-order valence-electron chi connectivity index (χ2n) is 5.37. The van der Waals surface area contributed by atoms with Gasteiger partial charge in [-0.1, -0.05) is 18.2 Å². The van der Waals surface area contributed by atoms with Crippen LogP contribution in [0.3, 0.4) is 0 Å². The third kappa shape index (κ3) is 4.99. The fourth-order valence-corrected chi connectivity index (χ4v) is 4.09. The Morgan fingerprint density at radius 1 is 1.39 bits per heavy atom. The third-order valence-electron chi connectivity index (χ3n) is 3.50. The number of sulfone groups is 1. The van der Waals surface area contributed by atoms with Crippen LogP contribution >= 0.6 is 0 Å². The maximum absolute atomic E-state index is 11.9. The van der Waals surface area contributed by atoms with Gasteiger partial charge < -0.3 is 14.8 Å². The highest BCUT2D eigenvalue weighted by Crippen LogP contribution is 2.28. The SMILES string of the molecule is C/C=C/c1ccc(OCC(=O)NC2CCS(=O)(=O)C2)c(OC)c1. The molecule has 1 unspecified atom stereocenters. The van der Waals surface area contributed by atoms with E-state index in [9.17, 15) is 13.2 Å². The average Bonchev–Trinajstić information content (AvgIpc) is 2.84. The van der Waals surface area contributed by atoms with Gasteiger partial charge in [0.05, 0.1) is 18.6 Å². The van der Waals surface area contributed by atoms with E-state index in [0.717, 1.165) is 5.56 Å². The van der Waals surface area contributed by atoms with Gasteiger partial charge in [-0.15, -0.1) is 0 Å². The monoisotopic (exact) mass is 339 g/mol. The molecule has 1 amide bonds. The minimum Gasteiger partial charge on any atom is -0.493 e. The molecule has 0 saturated carbocycles. The topological polar surface area (TPSA) is 81.7 Å². The Kier molecular flexibility index (Phi) is 5.65. The number of hydrogen-bond donors (Lipinski definition) is 1.